The first kappa shape index (κ1) is 19.8. The molecule has 0 saturated heterocycles. The Morgan fingerprint density at radius 3 is 2.35 bits per heavy atom. The molecule has 0 unspecified atom stereocenters. The van der Waals surface area contributed by atoms with Crippen LogP contribution in [0.25, 0.3) is 0 Å². The van der Waals surface area contributed by atoms with Gasteiger partial charge in [0.1, 0.15) is 5.75 Å². The first-order chi connectivity index (χ1) is 12.3. The van der Waals surface area contributed by atoms with Crippen LogP contribution in [-0.2, 0) is 4.79 Å². The van der Waals surface area contributed by atoms with Gasteiger partial charge in [-0.25, -0.2) is 0 Å². The van der Waals surface area contributed by atoms with Gasteiger partial charge in [0.2, 0.25) is 0 Å². The Hall–Kier alpha value is -2.53. The lowest BCUT2D eigenvalue weighted by molar-refractivity contribution is -0.123. The number of hydrogen-bond donors (Lipinski definition) is 2. The summed E-state index contributed by atoms with van der Waals surface area (Å²) in [6.07, 6.45) is 0. The van der Waals surface area contributed by atoms with E-state index in [1.54, 1.807) is 12.1 Å². The fraction of sp³-hybridized carbons (Fsp3) is 0.300. The Balaban J connectivity index is 1.92. The second-order valence-corrected chi connectivity index (χ2v) is 6.86. The second kappa shape index (κ2) is 8.72. The summed E-state index contributed by atoms with van der Waals surface area (Å²) in [6, 6.07) is 10.7. The summed E-state index contributed by atoms with van der Waals surface area (Å²) >= 11 is 6.16. The molecule has 2 amide bonds. The largest absolute Gasteiger partial charge is 0.483 e. The van der Waals surface area contributed by atoms with Gasteiger partial charge in [-0.3, -0.25) is 20.4 Å². The van der Waals surface area contributed by atoms with Crippen LogP contribution in [-0.4, -0.2) is 18.4 Å². The Kier molecular flexibility index (Phi) is 6.64. The molecular weight excluding hydrogens is 352 g/mol. The lowest BCUT2D eigenvalue weighted by Gasteiger charge is -2.16. The highest BCUT2D eigenvalue weighted by Crippen LogP contribution is 2.31. The monoisotopic (exact) mass is 374 g/mol. The van der Waals surface area contributed by atoms with Gasteiger partial charge in [0.05, 0.1) is 0 Å². The highest BCUT2D eigenvalue weighted by atomic mass is 35.5. The van der Waals surface area contributed by atoms with E-state index in [1.165, 1.54) is 0 Å². The predicted molar refractivity (Wildman–Crippen MR) is 103 cm³/mol. The third kappa shape index (κ3) is 5.23. The maximum atomic E-state index is 12.0. The summed E-state index contributed by atoms with van der Waals surface area (Å²) in [5, 5.41) is 0.663. The van der Waals surface area contributed by atoms with E-state index in [0.29, 0.717) is 16.3 Å². The number of carbonyl (C=O) groups is 2. The molecule has 0 bridgehead atoms. The van der Waals surface area contributed by atoms with Crippen LogP contribution in [0.15, 0.2) is 36.4 Å². The maximum absolute atomic E-state index is 12.0. The number of halogens is 1. The van der Waals surface area contributed by atoms with Gasteiger partial charge in [0.25, 0.3) is 11.8 Å². The summed E-state index contributed by atoms with van der Waals surface area (Å²) in [5.74, 6) is -0.0226. The van der Waals surface area contributed by atoms with Gasteiger partial charge >= 0.3 is 0 Å². The maximum Gasteiger partial charge on any atom is 0.276 e. The topological polar surface area (TPSA) is 67.4 Å². The van der Waals surface area contributed by atoms with Crippen molar-refractivity contribution in [2.45, 2.75) is 33.6 Å². The highest BCUT2D eigenvalue weighted by molar-refractivity contribution is 6.31. The van der Waals surface area contributed by atoms with E-state index in [0.717, 1.165) is 16.7 Å². The first-order valence-corrected chi connectivity index (χ1v) is 8.74. The zero-order valence-electron chi connectivity index (χ0n) is 15.4. The minimum absolute atomic E-state index is 0.201. The van der Waals surface area contributed by atoms with Gasteiger partial charge in [-0.2, -0.15) is 0 Å². The van der Waals surface area contributed by atoms with Crippen LogP contribution in [0.2, 0.25) is 5.02 Å². The minimum Gasteiger partial charge on any atom is -0.483 e. The van der Waals surface area contributed by atoms with Crippen molar-refractivity contribution in [1.29, 1.82) is 0 Å². The molecule has 0 fully saturated rings. The minimum atomic E-state index is -0.451. The highest BCUT2D eigenvalue weighted by Gasteiger charge is 2.13. The molecule has 0 atom stereocenters. The Morgan fingerprint density at radius 2 is 1.73 bits per heavy atom. The Bertz CT molecular complexity index is 801. The van der Waals surface area contributed by atoms with E-state index in [9.17, 15) is 9.59 Å². The molecule has 2 aromatic carbocycles. The van der Waals surface area contributed by atoms with Crippen LogP contribution < -0.4 is 15.6 Å². The fourth-order valence-corrected chi connectivity index (χ4v) is 2.50. The van der Waals surface area contributed by atoms with Crippen molar-refractivity contribution in [2.75, 3.05) is 6.61 Å². The summed E-state index contributed by atoms with van der Waals surface area (Å²) in [6.45, 7) is 7.65. The molecule has 2 N–H and O–H groups in total. The molecule has 0 radical (unpaired) electrons. The zero-order chi connectivity index (χ0) is 19.3. The molecule has 2 rings (SSSR count). The van der Waals surface area contributed by atoms with E-state index in [1.807, 2.05) is 52.0 Å². The Morgan fingerprint density at radius 1 is 1.08 bits per heavy atom. The van der Waals surface area contributed by atoms with Crippen LogP contribution in [0.3, 0.4) is 0 Å². The van der Waals surface area contributed by atoms with Gasteiger partial charge in [-0.15, -0.1) is 0 Å². The van der Waals surface area contributed by atoms with Gasteiger partial charge in [-0.05, 0) is 55.2 Å². The number of ether oxygens (including phenoxy) is 1. The molecule has 5 nitrogen and oxygen atoms in total. The lowest BCUT2D eigenvalue weighted by atomic mass is 10.0. The standard InChI is InChI=1S/C20H23ClN2O3/c1-12(2)16-10-17(21)14(4)9-18(16)26-11-19(24)22-23-20(25)15-7-5-13(3)6-8-15/h5-10,12H,11H2,1-4H3,(H,22,24)(H,23,25). The van der Waals surface area contributed by atoms with Gasteiger partial charge in [0.15, 0.2) is 6.61 Å². The second-order valence-electron chi connectivity index (χ2n) is 6.45. The number of nitrogens with one attached hydrogen (secondary N) is 2. The van der Waals surface area contributed by atoms with Crippen molar-refractivity contribution in [3.8, 4) is 5.75 Å². The summed E-state index contributed by atoms with van der Waals surface area (Å²) in [7, 11) is 0. The molecule has 0 aliphatic rings. The number of hydrogen-bond acceptors (Lipinski definition) is 3. The summed E-state index contributed by atoms with van der Waals surface area (Å²) < 4.78 is 5.63. The third-order valence-electron chi connectivity index (χ3n) is 3.90. The molecule has 26 heavy (non-hydrogen) atoms. The molecule has 0 aliphatic carbocycles. The normalized spacial score (nSPS) is 10.5. The van der Waals surface area contributed by atoms with Crippen LogP contribution in [0.4, 0.5) is 0 Å². The average Bonchev–Trinajstić information content (AvgIpc) is 2.60. The van der Waals surface area contributed by atoms with E-state index in [-0.39, 0.29) is 18.4 Å². The Labute approximate surface area is 158 Å². The molecule has 0 saturated carbocycles. The van der Waals surface area contributed by atoms with Crippen LogP contribution in [0.5, 0.6) is 5.75 Å². The first-order valence-electron chi connectivity index (χ1n) is 8.36. The molecule has 138 valence electrons. The molecule has 0 aromatic heterocycles. The average molecular weight is 375 g/mol. The molecule has 0 aliphatic heterocycles. The molecule has 0 heterocycles. The number of benzene rings is 2. The molecule has 0 spiro atoms. The summed E-state index contributed by atoms with van der Waals surface area (Å²) in [4.78, 5) is 23.9. The number of hydrazine groups is 1. The van der Waals surface area contributed by atoms with Crippen molar-refractivity contribution < 1.29 is 14.3 Å². The third-order valence-corrected chi connectivity index (χ3v) is 4.31. The van der Waals surface area contributed by atoms with Gasteiger partial charge < -0.3 is 4.74 Å². The predicted octanol–water partition coefficient (Wildman–Crippen LogP) is 3.92. The van der Waals surface area contributed by atoms with Gasteiger partial charge in [-0.1, -0.05) is 43.1 Å². The van der Waals surface area contributed by atoms with Crippen molar-refractivity contribution in [1.82, 2.24) is 10.9 Å². The van der Waals surface area contributed by atoms with Crippen LogP contribution in [0.1, 0.15) is 46.8 Å². The van der Waals surface area contributed by atoms with Crippen LogP contribution in [0, 0.1) is 13.8 Å². The number of rotatable bonds is 5. The molecule has 6 heteroatoms. The van der Waals surface area contributed by atoms with Crippen LogP contribution >= 0.6 is 11.6 Å². The van der Waals surface area contributed by atoms with Gasteiger partial charge in [0, 0.05) is 10.6 Å². The fourth-order valence-electron chi connectivity index (χ4n) is 2.33. The number of carbonyl (C=O) groups excluding carboxylic acids is 2. The van der Waals surface area contributed by atoms with E-state index < -0.39 is 5.91 Å². The molecule has 2 aromatic rings. The zero-order valence-corrected chi connectivity index (χ0v) is 16.1. The van der Waals surface area contributed by atoms with E-state index in [2.05, 4.69) is 10.9 Å². The van der Waals surface area contributed by atoms with E-state index in [4.69, 9.17) is 16.3 Å². The van der Waals surface area contributed by atoms with E-state index >= 15 is 0 Å². The van der Waals surface area contributed by atoms with Crippen molar-refractivity contribution in [3.05, 3.63) is 63.7 Å². The molecular formula is C20H23ClN2O3. The van der Waals surface area contributed by atoms with Crippen molar-refractivity contribution in [3.63, 3.8) is 0 Å². The van der Waals surface area contributed by atoms with Crippen molar-refractivity contribution in [2.24, 2.45) is 0 Å². The summed E-state index contributed by atoms with van der Waals surface area (Å²) in [5.41, 5.74) is 8.04. The van der Waals surface area contributed by atoms with Crippen molar-refractivity contribution >= 4 is 23.4 Å². The number of amides is 2. The smallest absolute Gasteiger partial charge is 0.276 e. The lowest BCUT2D eigenvalue weighted by Crippen LogP contribution is -2.43. The quantitative estimate of drug-likeness (QED) is 0.779. The number of aryl methyl sites for hydroxylation is 2. The SMILES string of the molecule is Cc1ccc(C(=O)NNC(=O)COc2cc(C)c(Cl)cc2C(C)C)cc1.